The van der Waals surface area contributed by atoms with E-state index in [4.69, 9.17) is 0 Å². The minimum atomic E-state index is -0.780. The van der Waals surface area contributed by atoms with Gasteiger partial charge >= 0.3 is 6.03 Å². The summed E-state index contributed by atoms with van der Waals surface area (Å²) in [4.78, 5) is 45.2. The smallest absolute Gasteiger partial charge is 0.335 e. The van der Waals surface area contributed by atoms with Gasteiger partial charge in [-0.25, -0.2) is 9.69 Å². The van der Waals surface area contributed by atoms with Crippen LogP contribution in [0.15, 0.2) is 60.4 Å². The molecule has 8 nitrogen and oxygen atoms in total. The van der Waals surface area contributed by atoms with E-state index in [2.05, 4.69) is 57.9 Å². The van der Waals surface area contributed by atoms with Crippen molar-refractivity contribution in [1.29, 1.82) is 0 Å². The molecule has 0 bridgehead atoms. The summed E-state index contributed by atoms with van der Waals surface area (Å²) in [5.41, 5.74) is 4.96. The predicted molar refractivity (Wildman–Crippen MR) is 132 cm³/mol. The molecule has 8 heteroatoms. The van der Waals surface area contributed by atoms with E-state index in [1.54, 1.807) is 18.2 Å². The van der Waals surface area contributed by atoms with Crippen molar-refractivity contribution >= 4 is 35.3 Å². The fourth-order valence-electron chi connectivity index (χ4n) is 4.27. The number of amides is 4. The molecule has 174 valence electrons. The Morgan fingerprint density at radius 3 is 2.21 bits per heavy atom. The molecule has 1 saturated heterocycles. The van der Waals surface area contributed by atoms with E-state index in [1.165, 1.54) is 12.4 Å². The van der Waals surface area contributed by atoms with E-state index in [9.17, 15) is 14.4 Å². The number of hydrogen-bond donors (Lipinski definition) is 1. The quantitative estimate of drug-likeness (QED) is 0.447. The number of nitrogens with one attached hydrogen (secondary N) is 1. The van der Waals surface area contributed by atoms with Gasteiger partial charge in [0.25, 0.3) is 11.8 Å². The van der Waals surface area contributed by atoms with Crippen molar-refractivity contribution < 1.29 is 14.4 Å². The average Bonchev–Trinajstić information content (AvgIpc) is 3.11. The monoisotopic (exact) mass is 457 g/mol. The van der Waals surface area contributed by atoms with Gasteiger partial charge in [0.2, 0.25) is 0 Å². The molecule has 4 rings (SSSR count). The van der Waals surface area contributed by atoms with Gasteiger partial charge in [0.15, 0.2) is 0 Å². The molecule has 2 aromatic heterocycles. The maximum Gasteiger partial charge on any atom is 0.335 e. The maximum atomic E-state index is 13.1. The first-order chi connectivity index (χ1) is 16.3. The molecule has 0 aliphatic carbocycles. The third kappa shape index (κ3) is 4.10. The Morgan fingerprint density at radius 1 is 0.941 bits per heavy atom. The van der Waals surface area contributed by atoms with Crippen molar-refractivity contribution in [3.8, 4) is 5.69 Å². The molecule has 3 heterocycles. The number of hydrogen-bond acceptors (Lipinski definition) is 5. The number of aromatic nitrogens is 2. The summed E-state index contributed by atoms with van der Waals surface area (Å²) in [5, 5.41) is 2.26. The Balaban J connectivity index is 1.70. The summed E-state index contributed by atoms with van der Waals surface area (Å²) in [5.74, 6) is -1.39. The van der Waals surface area contributed by atoms with Gasteiger partial charge in [0, 0.05) is 48.2 Å². The zero-order chi connectivity index (χ0) is 24.4. The highest BCUT2D eigenvalue weighted by atomic mass is 16.2. The molecule has 1 N–H and O–H groups in total. The molecule has 4 amide bonds. The summed E-state index contributed by atoms with van der Waals surface area (Å²) in [6.07, 6.45) is 4.51. The molecule has 1 aliphatic rings. The number of urea groups is 1. The molecule has 0 radical (unpaired) electrons. The zero-order valence-corrected chi connectivity index (χ0v) is 19.7. The van der Waals surface area contributed by atoms with Crippen LogP contribution in [0.2, 0.25) is 0 Å². The first kappa shape index (κ1) is 23.0. The van der Waals surface area contributed by atoms with Crippen LogP contribution in [-0.4, -0.2) is 40.5 Å². The highest BCUT2D eigenvalue weighted by Crippen LogP contribution is 2.27. The minimum Gasteiger partial charge on any atom is -0.372 e. The number of anilines is 2. The van der Waals surface area contributed by atoms with Crippen LogP contribution >= 0.6 is 0 Å². The number of aryl methyl sites for hydroxylation is 1. The summed E-state index contributed by atoms with van der Waals surface area (Å²) < 4.78 is 2.08. The molecule has 3 aromatic rings. The Kier molecular flexibility index (Phi) is 6.32. The number of imide groups is 2. The summed E-state index contributed by atoms with van der Waals surface area (Å²) in [6.45, 7) is 10.0. The fourth-order valence-corrected chi connectivity index (χ4v) is 4.27. The number of nitrogens with zero attached hydrogens (tertiary/aromatic N) is 4. The standard InChI is InChI=1S/C26H27N5O3/c1-5-29(6-2)20-7-9-21(10-8-20)30-17(3)15-19(18(30)4)16-23-24(32)28-26(34)31(25(23)33)22-11-13-27-14-12-22/h7-16H,5-6H2,1-4H3,(H,28,32,34)/b23-16+. The fraction of sp³-hybridized carbons (Fsp3) is 0.231. The normalized spacial score (nSPS) is 15.1. The van der Waals surface area contributed by atoms with Crippen molar-refractivity contribution in [3.05, 3.63) is 77.4 Å². The number of barbiturate groups is 1. The van der Waals surface area contributed by atoms with Gasteiger partial charge in [-0.3, -0.25) is 19.9 Å². The van der Waals surface area contributed by atoms with Gasteiger partial charge in [0.05, 0.1) is 5.69 Å². The highest BCUT2D eigenvalue weighted by Gasteiger charge is 2.37. The molecule has 1 aliphatic heterocycles. The first-order valence-electron chi connectivity index (χ1n) is 11.2. The van der Waals surface area contributed by atoms with Gasteiger partial charge in [-0.2, -0.15) is 0 Å². The topological polar surface area (TPSA) is 87.5 Å². The van der Waals surface area contributed by atoms with Crippen LogP contribution in [0, 0.1) is 13.8 Å². The van der Waals surface area contributed by atoms with E-state index >= 15 is 0 Å². The Bertz CT molecular complexity index is 1270. The van der Waals surface area contributed by atoms with Crippen molar-refractivity contribution in [2.75, 3.05) is 22.9 Å². The molecule has 0 spiro atoms. The van der Waals surface area contributed by atoms with Crippen LogP contribution in [0.5, 0.6) is 0 Å². The van der Waals surface area contributed by atoms with Gasteiger partial charge in [-0.05, 0) is 81.8 Å². The van der Waals surface area contributed by atoms with Gasteiger partial charge in [0.1, 0.15) is 5.57 Å². The number of carbonyl (C=O) groups is 3. The van der Waals surface area contributed by atoms with Crippen molar-refractivity contribution in [1.82, 2.24) is 14.9 Å². The average molecular weight is 458 g/mol. The lowest BCUT2D eigenvalue weighted by Crippen LogP contribution is -2.54. The zero-order valence-electron chi connectivity index (χ0n) is 19.7. The second-order valence-electron chi connectivity index (χ2n) is 8.01. The van der Waals surface area contributed by atoms with Crippen molar-refractivity contribution in [3.63, 3.8) is 0 Å². The number of rotatable bonds is 6. The van der Waals surface area contributed by atoms with Crippen LogP contribution in [0.4, 0.5) is 16.2 Å². The number of carbonyl (C=O) groups excluding carboxylic acids is 3. The van der Waals surface area contributed by atoms with Crippen LogP contribution < -0.4 is 15.1 Å². The third-order valence-corrected chi connectivity index (χ3v) is 6.03. The number of benzene rings is 1. The molecular weight excluding hydrogens is 430 g/mol. The van der Waals surface area contributed by atoms with E-state index in [0.717, 1.165) is 46.3 Å². The van der Waals surface area contributed by atoms with E-state index in [0.29, 0.717) is 5.69 Å². The van der Waals surface area contributed by atoms with Gasteiger partial charge in [-0.1, -0.05) is 0 Å². The third-order valence-electron chi connectivity index (χ3n) is 6.03. The van der Waals surface area contributed by atoms with Gasteiger partial charge in [-0.15, -0.1) is 0 Å². The first-order valence-corrected chi connectivity index (χ1v) is 11.2. The molecular formula is C26H27N5O3. The molecule has 1 aromatic carbocycles. The van der Waals surface area contributed by atoms with Crippen LogP contribution in [-0.2, 0) is 9.59 Å². The minimum absolute atomic E-state index is 0.103. The molecule has 0 unspecified atom stereocenters. The summed E-state index contributed by atoms with van der Waals surface area (Å²) in [7, 11) is 0. The van der Waals surface area contributed by atoms with Crippen molar-refractivity contribution in [2.24, 2.45) is 0 Å². The second kappa shape index (κ2) is 9.35. The lowest BCUT2D eigenvalue weighted by Gasteiger charge is -2.26. The lowest BCUT2D eigenvalue weighted by atomic mass is 10.1. The molecule has 0 atom stereocenters. The number of pyridine rings is 1. The van der Waals surface area contributed by atoms with Crippen LogP contribution in [0.25, 0.3) is 11.8 Å². The van der Waals surface area contributed by atoms with Crippen LogP contribution in [0.3, 0.4) is 0 Å². The summed E-state index contributed by atoms with van der Waals surface area (Å²) in [6, 6.07) is 12.5. The molecule has 0 saturated carbocycles. The second-order valence-corrected chi connectivity index (χ2v) is 8.01. The lowest BCUT2D eigenvalue weighted by molar-refractivity contribution is -0.122. The Morgan fingerprint density at radius 2 is 1.59 bits per heavy atom. The molecule has 1 fully saturated rings. The predicted octanol–water partition coefficient (Wildman–Crippen LogP) is 4.00. The Labute approximate surface area is 198 Å². The summed E-state index contributed by atoms with van der Waals surface area (Å²) >= 11 is 0. The molecule has 34 heavy (non-hydrogen) atoms. The van der Waals surface area contributed by atoms with Crippen molar-refractivity contribution in [2.45, 2.75) is 27.7 Å². The van der Waals surface area contributed by atoms with E-state index in [1.807, 2.05) is 19.9 Å². The highest BCUT2D eigenvalue weighted by molar-refractivity contribution is 6.39. The van der Waals surface area contributed by atoms with Crippen LogP contribution in [0.1, 0.15) is 30.8 Å². The van der Waals surface area contributed by atoms with E-state index in [-0.39, 0.29) is 5.57 Å². The Hall–Kier alpha value is -4.20. The largest absolute Gasteiger partial charge is 0.372 e. The van der Waals surface area contributed by atoms with Gasteiger partial charge < -0.3 is 9.47 Å². The maximum absolute atomic E-state index is 13.1. The SMILES string of the molecule is CCN(CC)c1ccc(-n2c(C)cc(/C=C3\C(=O)NC(=O)N(c4ccncc4)C3=O)c2C)cc1. The van der Waals surface area contributed by atoms with E-state index < -0.39 is 17.8 Å².